The highest BCUT2D eigenvalue weighted by Gasteiger charge is 2.36. The Morgan fingerprint density at radius 1 is 1.43 bits per heavy atom. The van der Waals surface area contributed by atoms with Gasteiger partial charge in [-0.25, -0.2) is 0 Å². The van der Waals surface area contributed by atoms with Gasteiger partial charge in [-0.3, -0.25) is 4.90 Å². The van der Waals surface area contributed by atoms with Crippen LogP contribution in [0.2, 0.25) is 0 Å². The van der Waals surface area contributed by atoms with Gasteiger partial charge in [-0.1, -0.05) is 6.92 Å². The third-order valence-corrected chi connectivity index (χ3v) is 4.79. The van der Waals surface area contributed by atoms with E-state index in [4.69, 9.17) is 9.15 Å². The zero-order chi connectivity index (χ0) is 14.7. The van der Waals surface area contributed by atoms with E-state index >= 15 is 0 Å². The Labute approximate surface area is 127 Å². The quantitative estimate of drug-likeness (QED) is 0.799. The van der Waals surface area contributed by atoms with Crippen molar-refractivity contribution in [1.82, 2.24) is 10.2 Å². The Morgan fingerprint density at radius 2 is 2.29 bits per heavy atom. The SMILES string of the molecule is COCCN(Cc1ccc(C2CC2C)o1)CC1CCCN1. The van der Waals surface area contributed by atoms with Crippen LogP contribution in [0.4, 0.5) is 0 Å². The second kappa shape index (κ2) is 6.95. The Kier molecular flexibility index (Phi) is 4.99. The van der Waals surface area contributed by atoms with E-state index in [-0.39, 0.29) is 0 Å². The highest BCUT2D eigenvalue weighted by atomic mass is 16.5. The maximum absolute atomic E-state index is 6.05. The molecular weight excluding hydrogens is 264 g/mol. The highest BCUT2D eigenvalue weighted by molar-refractivity contribution is 5.17. The van der Waals surface area contributed by atoms with Crippen molar-refractivity contribution >= 4 is 0 Å². The largest absolute Gasteiger partial charge is 0.464 e. The average Bonchev–Trinajstić information content (AvgIpc) is 2.90. The van der Waals surface area contributed by atoms with Gasteiger partial charge in [0.1, 0.15) is 11.5 Å². The molecule has 0 bridgehead atoms. The van der Waals surface area contributed by atoms with Crippen molar-refractivity contribution in [3.8, 4) is 0 Å². The summed E-state index contributed by atoms with van der Waals surface area (Å²) in [6, 6.07) is 4.95. The molecule has 1 N–H and O–H groups in total. The molecule has 0 aromatic carbocycles. The Bertz CT molecular complexity index is 440. The molecule has 2 heterocycles. The van der Waals surface area contributed by atoms with Crippen LogP contribution in [0, 0.1) is 5.92 Å². The van der Waals surface area contributed by atoms with Gasteiger partial charge in [0.15, 0.2) is 0 Å². The molecule has 118 valence electrons. The molecule has 0 radical (unpaired) electrons. The lowest BCUT2D eigenvalue weighted by atomic mass is 10.2. The number of hydrogen-bond donors (Lipinski definition) is 1. The molecule has 2 fully saturated rings. The minimum Gasteiger partial charge on any atom is -0.464 e. The average molecular weight is 292 g/mol. The summed E-state index contributed by atoms with van der Waals surface area (Å²) in [5.41, 5.74) is 0. The lowest BCUT2D eigenvalue weighted by Gasteiger charge is -2.24. The summed E-state index contributed by atoms with van der Waals surface area (Å²) < 4.78 is 11.3. The highest BCUT2D eigenvalue weighted by Crippen LogP contribution is 2.47. The van der Waals surface area contributed by atoms with E-state index in [1.54, 1.807) is 7.11 Å². The van der Waals surface area contributed by atoms with Gasteiger partial charge in [0.25, 0.3) is 0 Å². The van der Waals surface area contributed by atoms with E-state index in [1.807, 2.05) is 0 Å². The molecule has 1 saturated carbocycles. The number of ether oxygens (including phenoxy) is 1. The van der Waals surface area contributed by atoms with Crippen LogP contribution in [-0.2, 0) is 11.3 Å². The standard InChI is InChI=1S/C17H28N2O2/c1-13-10-16(13)17-6-5-15(21-17)12-19(8-9-20-2)11-14-4-3-7-18-14/h5-6,13-14,16,18H,3-4,7-12H2,1-2H3. The molecule has 1 aliphatic carbocycles. The summed E-state index contributed by atoms with van der Waals surface area (Å²) >= 11 is 0. The zero-order valence-corrected chi connectivity index (χ0v) is 13.3. The minimum atomic E-state index is 0.625. The summed E-state index contributed by atoms with van der Waals surface area (Å²) in [6.45, 7) is 7.17. The molecule has 3 rings (SSSR count). The number of rotatable bonds is 8. The van der Waals surface area contributed by atoms with Crippen molar-refractivity contribution in [1.29, 1.82) is 0 Å². The van der Waals surface area contributed by atoms with E-state index < -0.39 is 0 Å². The monoisotopic (exact) mass is 292 g/mol. The van der Waals surface area contributed by atoms with Crippen molar-refractivity contribution in [3.63, 3.8) is 0 Å². The molecule has 1 saturated heterocycles. The first kappa shape index (κ1) is 15.1. The Balaban J connectivity index is 1.55. The van der Waals surface area contributed by atoms with Crippen molar-refractivity contribution in [2.45, 2.75) is 44.7 Å². The maximum atomic E-state index is 6.05. The van der Waals surface area contributed by atoms with Gasteiger partial charge < -0.3 is 14.5 Å². The molecule has 1 aromatic heterocycles. The minimum absolute atomic E-state index is 0.625. The molecule has 3 unspecified atom stereocenters. The topological polar surface area (TPSA) is 37.6 Å². The number of hydrogen-bond acceptors (Lipinski definition) is 4. The van der Waals surface area contributed by atoms with Crippen molar-refractivity contribution < 1.29 is 9.15 Å². The van der Waals surface area contributed by atoms with Gasteiger partial charge in [-0.15, -0.1) is 0 Å². The van der Waals surface area contributed by atoms with Gasteiger partial charge in [0, 0.05) is 32.2 Å². The maximum Gasteiger partial charge on any atom is 0.118 e. The fraction of sp³-hybridized carbons (Fsp3) is 0.765. The summed E-state index contributed by atoms with van der Waals surface area (Å²) in [6.07, 6.45) is 3.87. The van der Waals surface area contributed by atoms with E-state index in [1.165, 1.54) is 25.0 Å². The molecule has 21 heavy (non-hydrogen) atoms. The molecule has 0 amide bonds. The Morgan fingerprint density at radius 3 is 2.95 bits per heavy atom. The zero-order valence-electron chi connectivity index (χ0n) is 13.3. The van der Waals surface area contributed by atoms with Crippen LogP contribution in [0.3, 0.4) is 0 Å². The lowest BCUT2D eigenvalue weighted by molar-refractivity contribution is 0.132. The van der Waals surface area contributed by atoms with Crippen LogP contribution < -0.4 is 5.32 Å². The van der Waals surface area contributed by atoms with Crippen molar-refractivity contribution in [2.75, 3.05) is 33.4 Å². The van der Waals surface area contributed by atoms with Crippen LogP contribution >= 0.6 is 0 Å². The first-order chi connectivity index (χ1) is 10.3. The summed E-state index contributed by atoms with van der Waals surface area (Å²) in [5, 5.41) is 3.58. The second-order valence-electron chi connectivity index (χ2n) is 6.64. The van der Waals surface area contributed by atoms with Crippen LogP contribution in [0.5, 0.6) is 0 Å². The van der Waals surface area contributed by atoms with Crippen LogP contribution in [-0.4, -0.2) is 44.3 Å². The first-order valence-electron chi connectivity index (χ1n) is 8.29. The smallest absolute Gasteiger partial charge is 0.118 e. The predicted molar refractivity (Wildman–Crippen MR) is 83.4 cm³/mol. The molecule has 4 heteroatoms. The molecule has 1 aliphatic heterocycles. The van der Waals surface area contributed by atoms with Crippen LogP contribution in [0.15, 0.2) is 16.5 Å². The molecule has 1 aromatic rings. The Hall–Kier alpha value is -0.840. The third kappa shape index (κ3) is 4.09. The lowest BCUT2D eigenvalue weighted by Crippen LogP contribution is -2.38. The van der Waals surface area contributed by atoms with Gasteiger partial charge in [-0.2, -0.15) is 0 Å². The van der Waals surface area contributed by atoms with Gasteiger partial charge in [0.2, 0.25) is 0 Å². The van der Waals surface area contributed by atoms with E-state index in [0.29, 0.717) is 12.0 Å². The van der Waals surface area contributed by atoms with Crippen LogP contribution in [0.25, 0.3) is 0 Å². The number of methoxy groups -OCH3 is 1. The molecule has 0 spiro atoms. The third-order valence-electron chi connectivity index (χ3n) is 4.79. The fourth-order valence-corrected chi connectivity index (χ4v) is 3.30. The second-order valence-corrected chi connectivity index (χ2v) is 6.64. The molecule has 3 atom stereocenters. The van der Waals surface area contributed by atoms with Crippen LogP contribution in [0.1, 0.15) is 43.6 Å². The summed E-state index contributed by atoms with van der Waals surface area (Å²) in [7, 11) is 1.77. The fourth-order valence-electron chi connectivity index (χ4n) is 3.30. The van der Waals surface area contributed by atoms with Gasteiger partial charge >= 0.3 is 0 Å². The normalized spacial score (nSPS) is 28.4. The van der Waals surface area contributed by atoms with Crippen molar-refractivity contribution in [3.05, 3.63) is 23.7 Å². The molecule has 4 nitrogen and oxygen atoms in total. The summed E-state index contributed by atoms with van der Waals surface area (Å²) in [5.74, 6) is 3.75. The molecule has 2 aliphatic rings. The van der Waals surface area contributed by atoms with Crippen molar-refractivity contribution in [2.24, 2.45) is 5.92 Å². The van der Waals surface area contributed by atoms with E-state index in [9.17, 15) is 0 Å². The van der Waals surface area contributed by atoms with E-state index in [2.05, 4.69) is 29.3 Å². The molecular formula is C17H28N2O2. The number of nitrogens with zero attached hydrogens (tertiary/aromatic N) is 1. The first-order valence-corrected chi connectivity index (χ1v) is 8.29. The number of furan rings is 1. The predicted octanol–water partition coefficient (Wildman–Crippen LogP) is 2.60. The number of nitrogens with one attached hydrogen (secondary N) is 1. The van der Waals surface area contributed by atoms with Gasteiger partial charge in [0.05, 0.1) is 13.2 Å². The summed E-state index contributed by atoms with van der Waals surface area (Å²) in [4.78, 5) is 2.45. The van der Waals surface area contributed by atoms with Gasteiger partial charge in [-0.05, 0) is 43.9 Å². The van der Waals surface area contributed by atoms with E-state index in [0.717, 1.165) is 44.5 Å².